The van der Waals surface area contributed by atoms with E-state index in [-0.39, 0.29) is 30.1 Å². The van der Waals surface area contributed by atoms with Gasteiger partial charge in [0.15, 0.2) is 0 Å². The minimum Gasteiger partial charge on any atom is -0.465 e. The third kappa shape index (κ3) is 4.89. The molecule has 10 heteroatoms. The number of nitrogens with zero attached hydrogens (tertiary/aromatic N) is 4. The number of anilines is 3. The van der Waals surface area contributed by atoms with Crippen LogP contribution in [0, 0.1) is 11.8 Å². The number of nitrogens with two attached hydrogens (primary N) is 1. The molecule has 0 radical (unpaired) electrons. The Morgan fingerprint density at radius 3 is 2.34 bits per heavy atom. The molecule has 0 bridgehead atoms. The van der Waals surface area contributed by atoms with Crippen LogP contribution >= 0.6 is 0 Å². The molecule has 3 aliphatic rings. The second kappa shape index (κ2) is 9.62. The van der Waals surface area contributed by atoms with Gasteiger partial charge in [-0.1, -0.05) is 0 Å². The van der Waals surface area contributed by atoms with Crippen molar-refractivity contribution in [3.63, 3.8) is 0 Å². The number of carboxylic acid groups (broad SMARTS) is 1. The summed E-state index contributed by atoms with van der Waals surface area (Å²) in [6.07, 6.45) is 4.28. The van der Waals surface area contributed by atoms with Crippen molar-refractivity contribution in [2.45, 2.75) is 38.5 Å². The number of pyridine rings is 1. The fourth-order valence-corrected chi connectivity index (χ4v) is 4.93. The van der Waals surface area contributed by atoms with E-state index in [0.717, 1.165) is 45.3 Å². The zero-order valence-electron chi connectivity index (χ0n) is 18.3. The monoisotopic (exact) mass is 444 g/mol. The largest absolute Gasteiger partial charge is 0.465 e. The summed E-state index contributed by atoms with van der Waals surface area (Å²) in [6, 6.07) is 3.55. The Hall–Kier alpha value is -3.04. The number of carbonyl (C=O) groups excluding carboxylic acids is 2. The Balaban J connectivity index is 1.38. The number of amides is 3. The van der Waals surface area contributed by atoms with Crippen molar-refractivity contribution in [2.24, 2.45) is 11.8 Å². The topological polar surface area (TPSA) is 132 Å². The minimum atomic E-state index is -1.00. The maximum Gasteiger partial charge on any atom is 0.407 e. The van der Waals surface area contributed by atoms with Crippen LogP contribution in [0.1, 0.15) is 38.5 Å². The number of rotatable bonds is 4. The molecule has 1 aromatic rings. The normalized spacial score (nSPS) is 23.8. The van der Waals surface area contributed by atoms with Gasteiger partial charge in [0, 0.05) is 39.3 Å². The quantitative estimate of drug-likeness (QED) is 0.645. The highest BCUT2D eigenvalue weighted by Gasteiger charge is 2.32. The van der Waals surface area contributed by atoms with Crippen molar-refractivity contribution in [1.82, 2.24) is 14.8 Å². The average molecular weight is 445 g/mol. The molecular weight excluding hydrogens is 412 g/mol. The van der Waals surface area contributed by atoms with E-state index in [2.05, 4.69) is 15.2 Å². The first-order valence-corrected chi connectivity index (χ1v) is 11.5. The van der Waals surface area contributed by atoms with E-state index >= 15 is 0 Å². The van der Waals surface area contributed by atoms with E-state index in [0.29, 0.717) is 37.4 Å². The molecule has 4 heterocycles. The summed E-state index contributed by atoms with van der Waals surface area (Å²) in [5, 5.41) is 12.0. The highest BCUT2D eigenvalue weighted by Crippen LogP contribution is 2.28. The van der Waals surface area contributed by atoms with E-state index in [1.165, 1.54) is 4.90 Å². The molecular formula is C22H32N6O4. The number of hydrogen-bond donors (Lipinski definition) is 3. The lowest BCUT2D eigenvalue weighted by Gasteiger charge is -2.34. The van der Waals surface area contributed by atoms with E-state index in [1.54, 1.807) is 6.07 Å². The molecule has 32 heavy (non-hydrogen) atoms. The summed E-state index contributed by atoms with van der Waals surface area (Å²) in [5.41, 5.74) is 6.57. The average Bonchev–Trinajstić information content (AvgIpc) is 3.35. The molecule has 1 unspecified atom stereocenters. The molecule has 174 valence electrons. The summed E-state index contributed by atoms with van der Waals surface area (Å²) < 4.78 is 0. The fraction of sp³-hybridized carbons (Fsp3) is 0.636. The molecule has 3 fully saturated rings. The molecule has 0 aromatic carbocycles. The van der Waals surface area contributed by atoms with E-state index in [9.17, 15) is 19.5 Å². The fourth-order valence-electron chi connectivity index (χ4n) is 4.93. The number of nitrogen functional groups attached to an aromatic ring is 1. The van der Waals surface area contributed by atoms with Crippen LogP contribution in [-0.4, -0.2) is 77.1 Å². The SMILES string of the molecule is Nc1nc(N2CCC[C@@H](C(=O)N3CCCC3)C2)ccc1NC(=O)C1CCCN(C(=O)O)C1. The van der Waals surface area contributed by atoms with Gasteiger partial charge in [-0.05, 0) is 50.7 Å². The molecule has 1 aromatic heterocycles. The summed E-state index contributed by atoms with van der Waals surface area (Å²) >= 11 is 0. The third-order valence-electron chi connectivity index (χ3n) is 6.74. The highest BCUT2D eigenvalue weighted by atomic mass is 16.4. The Morgan fingerprint density at radius 2 is 1.62 bits per heavy atom. The Labute approximate surface area is 187 Å². The lowest BCUT2D eigenvalue weighted by molar-refractivity contribution is -0.134. The Kier molecular flexibility index (Phi) is 6.66. The molecule has 4 rings (SSSR count). The van der Waals surface area contributed by atoms with Crippen LogP contribution in [0.5, 0.6) is 0 Å². The molecule has 3 saturated heterocycles. The first-order valence-electron chi connectivity index (χ1n) is 11.5. The van der Waals surface area contributed by atoms with E-state index in [1.807, 2.05) is 11.0 Å². The van der Waals surface area contributed by atoms with Gasteiger partial charge in [-0.15, -0.1) is 0 Å². The number of aromatic nitrogens is 1. The molecule has 2 atom stereocenters. The standard InChI is InChI=1S/C22H32N6O4/c23-19-17(24-20(29)15-5-3-12-28(13-15)22(31)32)7-8-18(25-19)27-11-4-6-16(14-27)21(30)26-9-1-2-10-26/h7-8,15-16H,1-6,9-14H2,(H2,23,25)(H,24,29)(H,31,32)/t15?,16-/m1/s1. The van der Waals surface area contributed by atoms with Crippen molar-refractivity contribution in [1.29, 1.82) is 0 Å². The number of likely N-dealkylation sites (tertiary alicyclic amines) is 2. The summed E-state index contributed by atoms with van der Waals surface area (Å²) in [4.78, 5) is 46.5. The summed E-state index contributed by atoms with van der Waals surface area (Å²) in [5.74, 6) is 0.494. The predicted octanol–water partition coefficient (Wildman–Crippen LogP) is 1.83. The van der Waals surface area contributed by atoms with Gasteiger partial charge in [0.1, 0.15) is 11.6 Å². The first kappa shape index (κ1) is 22.2. The molecule has 0 saturated carbocycles. The Bertz CT molecular complexity index is 872. The van der Waals surface area contributed by atoms with Crippen LogP contribution in [-0.2, 0) is 9.59 Å². The number of nitrogens with one attached hydrogen (secondary N) is 1. The van der Waals surface area contributed by atoms with Crippen LogP contribution in [0.2, 0.25) is 0 Å². The molecule has 0 aliphatic carbocycles. The molecule has 3 aliphatic heterocycles. The van der Waals surface area contributed by atoms with Crippen LogP contribution in [0.3, 0.4) is 0 Å². The van der Waals surface area contributed by atoms with Gasteiger partial charge in [-0.25, -0.2) is 9.78 Å². The number of hydrogen-bond acceptors (Lipinski definition) is 6. The highest BCUT2D eigenvalue weighted by molar-refractivity contribution is 5.95. The maximum atomic E-state index is 12.8. The minimum absolute atomic E-state index is 0.0206. The predicted molar refractivity (Wildman–Crippen MR) is 120 cm³/mol. The lowest BCUT2D eigenvalue weighted by atomic mass is 9.96. The van der Waals surface area contributed by atoms with Gasteiger partial charge in [0.25, 0.3) is 0 Å². The van der Waals surface area contributed by atoms with Crippen molar-refractivity contribution in [3.8, 4) is 0 Å². The molecule has 10 nitrogen and oxygen atoms in total. The smallest absolute Gasteiger partial charge is 0.407 e. The first-order chi connectivity index (χ1) is 15.4. The van der Waals surface area contributed by atoms with Gasteiger partial charge >= 0.3 is 6.09 Å². The zero-order valence-corrected chi connectivity index (χ0v) is 18.3. The van der Waals surface area contributed by atoms with Crippen LogP contribution in [0.15, 0.2) is 12.1 Å². The van der Waals surface area contributed by atoms with Gasteiger partial charge in [-0.2, -0.15) is 0 Å². The van der Waals surface area contributed by atoms with Crippen molar-refractivity contribution >= 4 is 35.2 Å². The Morgan fingerprint density at radius 1 is 0.938 bits per heavy atom. The summed E-state index contributed by atoms with van der Waals surface area (Å²) in [6.45, 7) is 3.80. The molecule has 0 spiro atoms. The van der Waals surface area contributed by atoms with Gasteiger partial charge < -0.3 is 30.9 Å². The summed E-state index contributed by atoms with van der Waals surface area (Å²) in [7, 11) is 0. The zero-order chi connectivity index (χ0) is 22.7. The molecule has 4 N–H and O–H groups in total. The van der Waals surface area contributed by atoms with Crippen molar-refractivity contribution < 1.29 is 19.5 Å². The molecule has 3 amide bonds. The van der Waals surface area contributed by atoms with E-state index in [4.69, 9.17) is 5.73 Å². The van der Waals surface area contributed by atoms with Gasteiger partial charge in [0.05, 0.1) is 17.5 Å². The second-order valence-corrected chi connectivity index (χ2v) is 8.98. The number of piperidine rings is 2. The lowest BCUT2D eigenvalue weighted by Crippen LogP contribution is -2.44. The number of carbonyl (C=O) groups is 3. The maximum absolute atomic E-state index is 12.8. The van der Waals surface area contributed by atoms with Gasteiger partial charge in [-0.3, -0.25) is 9.59 Å². The second-order valence-electron chi connectivity index (χ2n) is 8.98. The third-order valence-corrected chi connectivity index (χ3v) is 6.74. The van der Waals surface area contributed by atoms with Gasteiger partial charge in [0.2, 0.25) is 11.8 Å². The van der Waals surface area contributed by atoms with Crippen LogP contribution in [0.25, 0.3) is 0 Å². The van der Waals surface area contributed by atoms with Crippen LogP contribution in [0.4, 0.5) is 22.1 Å². The van der Waals surface area contributed by atoms with Crippen molar-refractivity contribution in [3.05, 3.63) is 12.1 Å². The van der Waals surface area contributed by atoms with Crippen LogP contribution < -0.4 is 16.0 Å². The van der Waals surface area contributed by atoms with E-state index < -0.39 is 12.0 Å². The van der Waals surface area contributed by atoms with Crippen molar-refractivity contribution in [2.75, 3.05) is 55.2 Å².